The number of amides is 2. The lowest BCUT2D eigenvalue weighted by molar-refractivity contribution is -0.138. The molecule has 13 heteroatoms. The number of nitrogens with one attached hydrogen (secondary N) is 1. The molecule has 0 bridgehead atoms. The number of methoxy groups -OCH3 is 2. The van der Waals surface area contributed by atoms with Crippen molar-refractivity contribution in [2.24, 2.45) is 0 Å². The van der Waals surface area contributed by atoms with Crippen LogP contribution in [0.3, 0.4) is 0 Å². The molecular weight excluding hydrogens is 657 g/mol. The number of benzene rings is 3. The van der Waals surface area contributed by atoms with E-state index in [4.69, 9.17) is 9.47 Å². The highest BCUT2D eigenvalue weighted by atomic mass is 32.2. The van der Waals surface area contributed by atoms with Gasteiger partial charge in [0.2, 0.25) is 5.91 Å². The van der Waals surface area contributed by atoms with Gasteiger partial charge in [0.25, 0.3) is 15.9 Å². The molecule has 1 fully saturated rings. The van der Waals surface area contributed by atoms with Gasteiger partial charge in [0.1, 0.15) is 11.5 Å². The van der Waals surface area contributed by atoms with Gasteiger partial charge in [0, 0.05) is 38.3 Å². The molecule has 2 heterocycles. The number of sulfonamides is 1. The Balaban J connectivity index is 1.74. The lowest BCUT2D eigenvalue weighted by Gasteiger charge is -2.42. The van der Waals surface area contributed by atoms with Crippen molar-refractivity contribution in [2.45, 2.75) is 48.7 Å². The first-order valence-corrected chi connectivity index (χ1v) is 18.1. The molecule has 2 atom stereocenters. The van der Waals surface area contributed by atoms with Crippen LogP contribution in [0.2, 0.25) is 0 Å². The van der Waals surface area contributed by atoms with Crippen molar-refractivity contribution in [3.8, 4) is 17.6 Å². The first-order chi connectivity index (χ1) is 23.9. The standard InChI is InChI=1S/C37H46N6O6S/c1-40(2)20-8-7-19-39-25-27-12-18-34(49-6)31(23-27)37(42-21-9-10-33(42)35(44)41(3)4)30-22-26(24-38)11-17-32(30)43(36(37)45)50(46,47)29-15-13-28(48-5)14-16-29/h11-18,22-23,33,39H,7-10,19-21,25H2,1-6H3/t33?,37-/m0/s1. The maximum absolute atomic E-state index is 15.5. The highest BCUT2D eigenvalue weighted by molar-refractivity contribution is 7.93. The van der Waals surface area contributed by atoms with E-state index < -0.39 is 27.5 Å². The lowest BCUT2D eigenvalue weighted by Crippen LogP contribution is -2.59. The van der Waals surface area contributed by atoms with Crippen LogP contribution in [-0.2, 0) is 31.7 Å². The molecular formula is C37H46N6O6S. The predicted octanol–water partition coefficient (Wildman–Crippen LogP) is 3.54. The number of likely N-dealkylation sites (N-methyl/N-ethyl adjacent to an activating group) is 1. The summed E-state index contributed by atoms with van der Waals surface area (Å²) in [5.74, 6) is -0.171. The van der Waals surface area contributed by atoms with Crippen LogP contribution in [0.4, 0.5) is 5.69 Å². The molecule has 266 valence electrons. The molecule has 0 aliphatic carbocycles. The normalized spacial score (nSPS) is 19.0. The fraction of sp³-hybridized carbons (Fsp3) is 0.432. The number of rotatable bonds is 14. The number of likely N-dealkylation sites (tertiary alicyclic amines) is 1. The summed E-state index contributed by atoms with van der Waals surface area (Å²) in [6, 6.07) is 17.4. The number of nitrogens with zero attached hydrogens (tertiary/aromatic N) is 5. The molecule has 1 N–H and O–H groups in total. The minimum absolute atomic E-state index is 0.110. The molecule has 0 spiro atoms. The molecule has 0 aromatic heterocycles. The first-order valence-electron chi connectivity index (χ1n) is 16.7. The lowest BCUT2D eigenvalue weighted by atomic mass is 9.79. The third kappa shape index (κ3) is 6.68. The Kier molecular flexibility index (Phi) is 11.2. The number of hydrogen-bond acceptors (Lipinski definition) is 10. The summed E-state index contributed by atoms with van der Waals surface area (Å²) in [6.07, 6.45) is 3.07. The smallest absolute Gasteiger partial charge is 0.271 e. The van der Waals surface area contributed by atoms with E-state index in [0.29, 0.717) is 48.6 Å². The Labute approximate surface area is 295 Å². The van der Waals surface area contributed by atoms with Gasteiger partial charge >= 0.3 is 0 Å². The molecule has 0 radical (unpaired) electrons. The molecule has 3 aromatic carbocycles. The van der Waals surface area contributed by atoms with Crippen molar-refractivity contribution < 1.29 is 27.5 Å². The number of ether oxygens (including phenoxy) is 2. The van der Waals surface area contributed by atoms with Crippen LogP contribution in [0, 0.1) is 11.3 Å². The Bertz CT molecular complexity index is 1870. The summed E-state index contributed by atoms with van der Waals surface area (Å²) in [4.78, 5) is 34.7. The van der Waals surface area contributed by atoms with Crippen molar-refractivity contribution in [3.05, 3.63) is 82.9 Å². The van der Waals surface area contributed by atoms with E-state index in [2.05, 4.69) is 16.3 Å². The minimum atomic E-state index is -4.50. The predicted molar refractivity (Wildman–Crippen MR) is 191 cm³/mol. The van der Waals surface area contributed by atoms with Crippen molar-refractivity contribution >= 4 is 27.5 Å². The van der Waals surface area contributed by atoms with Gasteiger partial charge in [0.15, 0.2) is 5.54 Å². The van der Waals surface area contributed by atoms with Crippen LogP contribution in [0.5, 0.6) is 11.5 Å². The number of nitriles is 1. The number of hydrogen-bond donors (Lipinski definition) is 1. The van der Waals surface area contributed by atoms with E-state index in [9.17, 15) is 18.5 Å². The first kappa shape index (κ1) is 36.8. The summed E-state index contributed by atoms with van der Waals surface area (Å²) in [7, 11) is 5.90. The summed E-state index contributed by atoms with van der Waals surface area (Å²) < 4.78 is 41.1. The fourth-order valence-corrected chi connectivity index (χ4v) is 8.47. The highest BCUT2D eigenvalue weighted by Crippen LogP contribution is 2.54. The van der Waals surface area contributed by atoms with Crippen LogP contribution in [-0.4, -0.2) is 103 Å². The van der Waals surface area contributed by atoms with Gasteiger partial charge in [-0.15, -0.1) is 0 Å². The Morgan fingerprint density at radius 1 is 1.00 bits per heavy atom. The molecule has 2 aliphatic heterocycles. The second-order valence-corrected chi connectivity index (χ2v) is 14.9. The zero-order valence-electron chi connectivity index (χ0n) is 29.6. The number of carbonyl (C=O) groups excluding carboxylic acids is 2. The summed E-state index contributed by atoms with van der Waals surface area (Å²) >= 11 is 0. The monoisotopic (exact) mass is 702 g/mol. The van der Waals surface area contributed by atoms with Gasteiger partial charge in [-0.05, 0) is 113 Å². The quantitative estimate of drug-likeness (QED) is 0.249. The van der Waals surface area contributed by atoms with Crippen molar-refractivity contribution in [1.29, 1.82) is 5.26 Å². The average Bonchev–Trinajstić information content (AvgIpc) is 3.69. The Morgan fingerprint density at radius 3 is 2.38 bits per heavy atom. The van der Waals surface area contributed by atoms with Gasteiger partial charge in [-0.3, -0.25) is 14.5 Å². The molecule has 5 rings (SSSR count). The van der Waals surface area contributed by atoms with E-state index in [1.807, 2.05) is 31.1 Å². The maximum atomic E-state index is 15.5. The molecule has 3 aromatic rings. The van der Waals surface area contributed by atoms with Gasteiger partial charge in [-0.25, -0.2) is 12.7 Å². The van der Waals surface area contributed by atoms with Crippen LogP contribution in [0.15, 0.2) is 65.6 Å². The van der Waals surface area contributed by atoms with Gasteiger partial charge in [-0.1, -0.05) is 6.07 Å². The molecule has 2 aliphatic rings. The Morgan fingerprint density at radius 2 is 1.74 bits per heavy atom. The zero-order valence-corrected chi connectivity index (χ0v) is 30.4. The van der Waals surface area contributed by atoms with E-state index in [0.717, 1.165) is 35.8 Å². The molecule has 1 saturated heterocycles. The maximum Gasteiger partial charge on any atom is 0.271 e. The van der Waals surface area contributed by atoms with E-state index >= 15 is 4.79 Å². The number of carbonyl (C=O) groups is 2. The van der Waals surface area contributed by atoms with Gasteiger partial charge in [0.05, 0.1) is 42.5 Å². The molecule has 1 unspecified atom stereocenters. The van der Waals surface area contributed by atoms with Crippen LogP contribution in [0.25, 0.3) is 0 Å². The highest BCUT2D eigenvalue weighted by Gasteiger charge is 2.63. The van der Waals surface area contributed by atoms with E-state index in [1.165, 1.54) is 55.5 Å². The third-order valence-corrected chi connectivity index (χ3v) is 11.1. The third-order valence-electron chi connectivity index (χ3n) is 9.43. The van der Waals surface area contributed by atoms with Crippen LogP contribution >= 0.6 is 0 Å². The summed E-state index contributed by atoms with van der Waals surface area (Å²) in [6.45, 7) is 2.58. The topological polar surface area (TPSA) is 136 Å². The molecule has 2 amide bonds. The van der Waals surface area contributed by atoms with Gasteiger partial charge < -0.3 is 24.6 Å². The molecule has 0 saturated carbocycles. The summed E-state index contributed by atoms with van der Waals surface area (Å²) in [5, 5.41) is 13.5. The zero-order chi connectivity index (χ0) is 36.2. The van der Waals surface area contributed by atoms with Crippen LogP contribution < -0.4 is 19.1 Å². The molecule has 50 heavy (non-hydrogen) atoms. The molecule has 12 nitrogen and oxygen atoms in total. The second kappa shape index (κ2) is 15.2. The largest absolute Gasteiger partial charge is 0.497 e. The average molecular weight is 703 g/mol. The minimum Gasteiger partial charge on any atom is -0.497 e. The van der Waals surface area contributed by atoms with Crippen molar-refractivity contribution in [1.82, 2.24) is 20.0 Å². The van der Waals surface area contributed by atoms with E-state index in [-0.39, 0.29) is 22.1 Å². The van der Waals surface area contributed by atoms with E-state index in [1.54, 1.807) is 26.2 Å². The van der Waals surface area contributed by atoms with Gasteiger partial charge in [-0.2, -0.15) is 5.26 Å². The second-order valence-electron chi connectivity index (χ2n) is 13.1. The fourth-order valence-electron chi connectivity index (χ4n) is 7.01. The number of fused-ring (bicyclic) bond motifs is 1. The van der Waals surface area contributed by atoms with Crippen molar-refractivity contribution in [3.63, 3.8) is 0 Å². The SMILES string of the molecule is COc1ccc(S(=O)(=O)N2C(=O)[C@](c3cc(CNCCCCN(C)C)ccc3OC)(N3CCCC3C(=O)N(C)C)c3cc(C#N)ccc32)cc1. The Hall–Kier alpha value is -4.48. The van der Waals surface area contributed by atoms with Crippen molar-refractivity contribution in [2.75, 3.05) is 66.3 Å². The number of unbranched alkanes of at least 4 members (excludes halogenated alkanes) is 1. The van der Waals surface area contributed by atoms with Crippen LogP contribution in [0.1, 0.15) is 47.9 Å². The number of anilines is 1. The summed E-state index contributed by atoms with van der Waals surface area (Å²) in [5.41, 5.74) is 0.0721.